The second kappa shape index (κ2) is 8.62. The van der Waals surface area contributed by atoms with Crippen LogP contribution in [-0.2, 0) is 19.6 Å². The first-order chi connectivity index (χ1) is 13.3. The number of carbonyl (C=O) groups is 3. The number of hydrogen-bond acceptors (Lipinski definition) is 6. The second-order valence-corrected chi connectivity index (χ2v) is 9.59. The molecule has 1 aromatic rings. The van der Waals surface area contributed by atoms with Crippen LogP contribution in [0, 0.1) is 6.92 Å². The molecule has 8 nitrogen and oxygen atoms in total. The van der Waals surface area contributed by atoms with E-state index in [-0.39, 0.29) is 46.7 Å². The van der Waals surface area contributed by atoms with Gasteiger partial charge in [-0.3, -0.25) is 19.3 Å². The van der Waals surface area contributed by atoms with Crippen molar-refractivity contribution in [3.8, 4) is 0 Å². The van der Waals surface area contributed by atoms with Crippen LogP contribution in [-0.4, -0.2) is 66.7 Å². The van der Waals surface area contributed by atoms with E-state index in [0.717, 1.165) is 17.3 Å². The van der Waals surface area contributed by atoms with Crippen molar-refractivity contribution in [1.29, 1.82) is 0 Å². The maximum absolute atomic E-state index is 12.4. The average Bonchev–Trinajstić information content (AvgIpc) is 3.00. The zero-order valence-electron chi connectivity index (χ0n) is 15.6. The number of nitrogens with zero attached hydrogens (tertiary/aromatic N) is 2. The lowest BCUT2D eigenvalue weighted by Gasteiger charge is -2.35. The minimum Gasteiger partial charge on any atom is -0.343 e. The van der Waals surface area contributed by atoms with E-state index in [1.54, 1.807) is 17.0 Å². The predicted octanol–water partition coefficient (Wildman–Crippen LogP) is 1.35. The maximum Gasteiger partial charge on any atom is 0.289 e. The fraction of sp³-hybridized carbons (Fsp3) is 0.500. The summed E-state index contributed by atoms with van der Waals surface area (Å²) in [6, 6.07) is 6.43. The van der Waals surface area contributed by atoms with Crippen LogP contribution in [0.3, 0.4) is 0 Å². The first kappa shape index (κ1) is 20.8. The Labute approximate surface area is 168 Å². The minimum absolute atomic E-state index is 0.0226. The molecular weight excluding hydrogens is 402 g/mol. The van der Waals surface area contributed by atoms with Gasteiger partial charge in [0.05, 0.1) is 10.6 Å². The van der Waals surface area contributed by atoms with Gasteiger partial charge in [0.25, 0.3) is 5.24 Å². The van der Waals surface area contributed by atoms with Crippen LogP contribution in [0.15, 0.2) is 29.2 Å². The van der Waals surface area contributed by atoms with Crippen LogP contribution in [0.5, 0.6) is 0 Å². The summed E-state index contributed by atoms with van der Waals surface area (Å²) in [6.07, 6.45) is 1.17. The Bertz CT molecular complexity index is 863. The fourth-order valence-corrected chi connectivity index (χ4v) is 5.32. The van der Waals surface area contributed by atoms with E-state index in [2.05, 4.69) is 4.72 Å². The first-order valence-corrected chi connectivity index (χ1v) is 11.6. The SMILES string of the molecule is Cc1cccc(S(=O)(=O)NCCC(=O)N2CCC(N3C(=O)CSC3=O)CC2)c1. The highest BCUT2D eigenvalue weighted by molar-refractivity contribution is 8.14. The molecule has 2 heterocycles. The lowest BCUT2D eigenvalue weighted by molar-refractivity contribution is -0.133. The quantitative estimate of drug-likeness (QED) is 0.738. The van der Waals surface area contributed by atoms with E-state index in [0.29, 0.717) is 25.9 Å². The number of aryl methyl sites for hydroxylation is 1. The van der Waals surface area contributed by atoms with Crippen molar-refractivity contribution >= 4 is 38.8 Å². The molecule has 152 valence electrons. The summed E-state index contributed by atoms with van der Waals surface area (Å²) >= 11 is 1.02. The van der Waals surface area contributed by atoms with Crippen LogP contribution in [0.1, 0.15) is 24.8 Å². The smallest absolute Gasteiger partial charge is 0.289 e. The molecule has 0 radical (unpaired) electrons. The van der Waals surface area contributed by atoms with E-state index in [9.17, 15) is 22.8 Å². The van der Waals surface area contributed by atoms with E-state index < -0.39 is 10.0 Å². The highest BCUT2D eigenvalue weighted by atomic mass is 32.2. The number of piperidine rings is 1. The van der Waals surface area contributed by atoms with Crippen LogP contribution >= 0.6 is 11.8 Å². The Morgan fingerprint density at radius 1 is 1.25 bits per heavy atom. The van der Waals surface area contributed by atoms with Gasteiger partial charge in [-0.2, -0.15) is 0 Å². The topological polar surface area (TPSA) is 104 Å². The van der Waals surface area contributed by atoms with Crippen molar-refractivity contribution in [3.63, 3.8) is 0 Å². The molecule has 10 heteroatoms. The molecule has 2 fully saturated rings. The van der Waals surface area contributed by atoms with Gasteiger partial charge >= 0.3 is 0 Å². The van der Waals surface area contributed by atoms with Gasteiger partial charge in [0.1, 0.15) is 0 Å². The largest absolute Gasteiger partial charge is 0.343 e. The molecule has 0 bridgehead atoms. The number of amides is 3. The predicted molar refractivity (Wildman–Crippen MR) is 105 cm³/mol. The molecular formula is C18H23N3O5S2. The summed E-state index contributed by atoms with van der Waals surface area (Å²) in [7, 11) is -3.65. The van der Waals surface area contributed by atoms with Crippen molar-refractivity contribution in [2.45, 2.75) is 37.1 Å². The third kappa shape index (κ3) is 4.73. The Hall–Kier alpha value is -1.91. The molecule has 28 heavy (non-hydrogen) atoms. The molecule has 1 N–H and O–H groups in total. The lowest BCUT2D eigenvalue weighted by Crippen LogP contribution is -2.48. The van der Waals surface area contributed by atoms with Gasteiger partial charge in [-0.15, -0.1) is 0 Å². The Balaban J connectivity index is 1.46. The van der Waals surface area contributed by atoms with E-state index >= 15 is 0 Å². The first-order valence-electron chi connectivity index (χ1n) is 9.11. The molecule has 3 amide bonds. The van der Waals surface area contributed by atoms with Gasteiger partial charge in [0.15, 0.2) is 0 Å². The van der Waals surface area contributed by atoms with E-state index in [1.807, 2.05) is 13.0 Å². The Morgan fingerprint density at radius 3 is 2.57 bits per heavy atom. The molecule has 1 aromatic carbocycles. The molecule has 0 atom stereocenters. The van der Waals surface area contributed by atoms with Crippen LogP contribution < -0.4 is 4.72 Å². The van der Waals surface area contributed by atoms with Crippen LogP contribution in [0.25, 0.3) is 0 Å². The Morgan fingerprint density at radius 2 is 1.96 bits per heavy atom. The normalized spacial score (nSPS) is 18.8. The van der Waals surface area contributed by atoms with Crippen molar-refractivity contribution < 1.29 is 22.8 Å². The molecule has 0 spiro atoms. The van der Waals surface area contributed by atoms with Gasteiger partial charge in [-0.25, -0.2) is 13.1 Å². The molecule has 0 aromatic heterocycles. The molecule has 0 aliphatic carbocycles. The van der Waals surface area contributed by atoms with E-state index in [1.165, 1.54) is 11.0 Å². The van der Waals surface area contributed by atoms with Gasteiger partial charge in [-0.05, 0) is 37.5 Å². The Kier molecular flexibility index (Phi) is 6.41. The molecule has 2 saturated heterocycles. The number of carbonyl (C=O) groups excluding carboxylic acids is 3. The number of likely N-dealkylation sites (tertiary alicyclic amines) is 1. The number of benzene rings is 1. The number of hydrogen-bond donors (Lipinski definition) is 1. The molecule has 0 saturated carbocycles. The van der Waals surface area contributed by atoms with E-state index in [4.69, 9.17) is 0 Å². The van der Waals surface area contributed by atoms with Crippen molar-refractivity contribution in [3.05, 3.63) is 29.8 Å². The molecule has 3 rings (SSSR count). The number of thioether (sulfide) groups is 1. The maximum atomic E-state index is 12.4. The molecule has 0 unspecified atom stereocenters. The minimum atomic E-state index is -3.65. The lowest BCUT2D eigenvalue weighted by atomic mass is 10.0. The summed E-state index contributed by atoms with van der Waals surface area (Å²) < 4.78 is 27.0. The van der Waals surface area contributed by atoms with Gasteiger partial charge in [0.2, 0.25) is 21.8 Å². The summed E-state index contributed by atoms with van der Waals surface area (Å²) in [5, 5.41) is -0.208. The average molecular weight is 426 g/mol. The molecule has 2 aliphatic rings. The molecule has 2 aliphatic heterocycles. The highest BCUT2D eigenvalue weighted by Crippen LogP contribution is 2.26. The zero-order chi connectivity index (χ0) is 20.3. The summed E-state index contributed by atoms with van der Waals surface area (Å²) in [6.45, 7) is 2.74. The number of nitrogens with one attached hydrogen (secondary N) is 1. The highest BCUT2D eigenvalue weighted by Gasteiger charge is 2.37. The monoisotopic (exact) mass is 425 g/mol. The summed E-state index contributed by atoms with van der Waals surface area (Å²) in [5.41, 5.74) is 0.843. The number of sulfonamides is 1. The summed E-state index contributed by atoms with van der Waals surface area (Å²) in [5.74, 6) is -0.108. The zero-order valence-corrected chi connectivity index (χ0v) is 17.2. The summed E-state index contributed by atoms with van der Waals surface area (Å²) in [4.78, 5) is 39.1. The third-order valence-electron chi connectivity index (χ3n) is 4.90. The second-order valence-electron chi connectivity index (χ2n) is 6.89. The third-order valence-corrected chi connectivity index (χ3v) is 7.19. The van der Waals surface area contributed by atoms with Gasteiger partial charge in [0, 0.05) is 32.1 Å². The van der Waals surface area contributed by atoms with Crippen molar-refractivity contribution in [1.82, 2.24) is 14.5 Å². The standard InChI is InChI=1S/C18H23N3O5S2/c1-13-3-2-4-15(11-13)28(25,26)19-8-5-16(22)20-9-6-14(7-10-20)21-17(23)12-27-18(21)24/h2-4,11,14,19H,5-10,12H2,1H3. The van der Waals surface area contributed by atoms with Crippen molar-refractivity contribution in [2.24, 2.45) is 0 Å². The van der Waals surface area contributed by atoms with Gasteiger partial charge < -0.3 is 4.90 Å². The number of imide groups is 1. The van der Waals surface area contributed by atoms with Crippen molar-refractivity contribution in [2.75, 3.05) is 25.4 Å². The van der Waals surface area contributed by atoms with Crippen LogP contribution in [0.2, 0.25) is 0 Å². The van der Waals surface area contributed by atoms with Crippen LogP contribution in [0.4, 0.5) is 4.79 Å². The number of rotatable bonds is 6. The van der Waals surface area contributed by atoms with Gasteiger partial charge in [-0.1, -0.05) is 23.9 Å². The fourth-order valence-electron chi connectivity index (χ4n) is 3.41.